The number of hydrogen-bond donors (Lipinski definition) is 1. The van der Waals surface area contributed by atoms with E-state index in [1.165, 1.54) is 0 Å². The topological polar surface area (TPSA) is 56.0 Å². The second kappa shape index (κ2) is 4.45. The van der Waals surface area contributed by atoms with Gasteiger partial charge in [0.1, 0.15) is 0 Å². The van der Waals surface area contributed by atoms with Crippen LogP contribution < -0.4 is 5.73 Å². The molecule has 4 heteroatoms. The molecule has 1 aromatic heterocycles. The molecule has 0 unspecified atom stereocenters. The number of rotatable bonds is 3. The summed E-state index contributed by atoms with van der Waals surface area (Å²) in [5.74, 6) is 0.0533. The number of aryl methyl sites for hydroxylation is 1. The lowest BCUT2D eigenvalue weighted by molar-refractivity contribution is 0.0992. The van der Waals surface area contributed by atoms with E-state index in [0.717, 1.165) is 10.7 Å². The minimum Gasteiger partial charge on any atom is -0.399 e. The van der Waals surface area contributed by atoms with Crippen molar-refractivity contribution in [1.82, 2.24) is 4.98 Å². The van der Waals surface area contributed by atoms with Crippen LogP contribution in [0.4, 0.5) is 5.69 Å². The van der Waals surface area contributed by atoms with Gasteiger partial charge in [-0.25, -0.2) is 4.98 Å². The Kier molecular flexibility index (Phi) is 3.01. The lowest BCUT2D eigenvalue weighted by Crippen LogP contribution is -2.04. The molecule has 2 aromatic rings. The molecule has 0 saturated carbocycles. The van der Waals surface area contributed by atoms with Crippen LogP contribution in [-0.2, 0) is 6.42 Å². The zero-order valence-corrected chi connectivity index (χ0v) is 9.75. The SMILES string of the molecule is Cc1nc(CC(=O)c2cccc(N)c2)cs1. The molecule has 0 radical (unpaired) electrons. The van der Waals surface area contributed by atoms with Crippen LogP contribution >= 0.6 is 11.3 Å². The molecule has 0 saturated heterocycles. The third-order valence-electron chi connectivity index (χ3n) is 2.22. The monoisotopic (exact) mass is 232 g/mol. The third-order valence-corrected chi connectivity index (χ3v) is 3.04. The molecular weight excluding hydrogens is 220 g/mol. The van der Waals surface area contributed by atoms with Gasteiger partial charge < -0.3 is 5.73 Å². The van der Waals surface area contributed by atoms with E-state index >= 15 is 0 Å². The zero-order chi connectivity index (χ0) is 11.5. The first-order valence-electron chi connectivity index (χ1n) is 4.95. The number of hydrogen-bond acceptors (Lipinski definition) is 4. The lowest BCUT2D eigenvalue weighted by Gasteiger charge is -2.00. The van der Waals surface area contributed by atoms with Gasteiger partial charge in [0, 0.05) is 16.6 Å². The molecule has 1 heterocycles. The third kappa shape index (κ3) is 2.46. The summed E-state index contributed by atoms with van der Waals surface area (Å²) in [7, 11) is 0. The molecule has 0 aliphatic carbocycles. The number of anilines is 1. The summed E-state index contributed by atoms with van der Waals surface area (Å²) in [5.41, 5.74) is 7.71. The molecule has 82 valence electrons. The molecule has 0 spiro atoms. The van der Waals surface area contributed by atoms with Crippen molar-refractivity contribution in [3.63, 3.8) is 0 Å². The largest absolute Gasteiger partial charge is 0.399 e. The van der Waals surface area contributed by atoms with Gasteiger partial charge in [-0.2, -0.15) is 0 Å². The Morgan fingerprint density at radius 3 is 2.94 bits per heavy atom. The van der Waals surface area contributed by atoms with Crippen molar-refractivity contribution in [2.45, 2.75) is 13.3 Å². The van der Waals surface area contributed by atoms with Gasteiger partial charge in [-0.1, -0.05) is 12.1 Å². The van der Waals surface area contributed by atoms with Gasteiger partial charge in [0.15, 0.2) is 5.78 Å². The van der Waals surface area contributed by atoms with Crippen molar-refractivity contribution < 1.29 is 4.79 Å². The Bertz CT molecular complexity index is 519. The maximum atomic E-state index is 11.9. The fraction of sp³-hybridized carbons (Fsp3) is 0.167. The summed E-state index contributed by atoms with van der Waals surface area (Å²) in [6, 6.07) is 7.03. The number of nitrogens with two attached hydrogens (primary N) is 1. The maximum absolute atomic E-state index is 11.9. The van der Waals surface area contributed by atoms with E-state index in [-0.39, 0.29) is 5.78 Å². The summed E-state index contributed by atoms with van der Waals surface area (Å²) in [6.07, 6.45) is 0.341. The van der Waals surface area contributed by atoms with Gasteiger partial charge in [-0.15, -0.1) is 11.3 Å². The predicted octanol–water partition coefficient (Wildman–Crippen LogP) is 2.46. The number of carbonyl (C=O) groups is 1. The highest BCUT2D eigenvalue weighted by atomic mass is 32.1. The Labute approximate surface area is 97.9 Å². The van der Waals surface area contributed by atoms with E-state index in [1.54, 1.807) is 35.6 Å². The van der Waals surface area contributed by atoms with Crippen molar-refractivity contribution >= 4 is 22.8 Å². The van der Waals surface area contributed by atoms with Gasteiger partial charge in [0.2, 0.25) is 0 Å². The molecule has 3 nitrogen and oxygen atoms in total. The van der Waals surface area contributed by atoms with E-state index in [1.807, 2.05) is 12.3 Å². The molecule has 0 aliphatic rings. The van der Waals surface area contributed by atoms with Crippen LogP contribution in [0.1, 0.15) is 21.1 Å². The molecule has 0 aliphatic heterocycles. The van der Waals surface area contributed by atoms with Crippen LogP contribution in [0.3, 0.4) is 0 Å². The van der Waals surface area contributed by atoms with Crippen LogP contribution in [0, 0.1) is 6.92 Å². The number of nitrogen functional groups attached to an aromatic ring is 1. The van der Waals surface area contributed by atoms with Crippen molar-refractivity contribution in [3.8, 4) is 0 Å². The molecule has 0 fully saturated rings. The molecule has 2 N–H and O–H groups in total. The number of ketones is 1. The molecular formula is C12H12N2OS. The summed E-state index contributed by atoms with van der Waals surface area (Å²) < 4.78 is 0. The van der Waals surface area contributed by atoms with E-state index in [4.69, 9.17) is 5.73 Å². The average Bonchev–Trinajstić information content (AvgIpc) is 2.64. The van der Waals surface area contributed by atoms with Crippen LogP contribution in [-0.4, -0.2) is 10.8 Å². The van der Waals surface area contributed by atoms with Crippen LogP contribution in [0.25, 0.3) is 0 Å². The summed E-state index contributed by atoms with van der Waals surface area (Å²) >= 11 is 1.56. The molecule has 1 aromatic carbocycles. The van der Waals surface area contributed by atoms with Crippen LogP contribution in [0.15, 0.2) is 29.6 Å². The van der Waals surface area contributed by atoms with Crippen LogP contribution in [0.5, 0.6) is 0 Å². The highest BCUT2D eigenvalue weighted by molar-refractivity contribution is 7.09. The van der Waals surface area contributed by atoms with Crippen molar-refractivity contribution in [2.24, 2.45) is 0 Å². The van der Waals surface area contributed by atoms with Crippen molar-refractivity contribution in [2.75, 3.05) is 5.73 Å². The quantitative estimate of drug-likeness (QED) is 0.653. The fourth-order valence-electron chi connectivity index (χ4n) is 1.47. The second-order valence-corrected chi connectivity index (χ2v) is 4.65. The first-order chi connectivity index (χ1) is 7.65. The van der Waals surface area contributed by atoms with Crippen molar-refractivity contribution in [3.05, 3.63) is 45.9 Å². The minimum atomic E-state index is 0.0533. The van der Waals surface area contributed by atoms with Gasteiger partial charge in [-0.05, 0) is 19.1 Å². The highest BCUT2D eigenvalue weighted by Gasteiger charge is 2.09. The first kappa shape index (κ1) is 10.8. The molecule has 16 heavy (non-hydrogen) atoms. The lowest BCUT2D eigenvalue weighted by atomic mass is 10.1. The summed E-state index contributed by atoms with van der Waals surface area (Å²) in [5, 5.41) is 2.90. The van der Waals surface area contributed by atoms with Gasteiger partial charge in [-0.3, -0.25) is 4.79 Å². The summed E-state index contributed by atoms with van der Waals surface area (Å²) in [6.45, 7) is 1.93. The van der Waals surface area contributed by atoms with E-state index in [9.17, 15) is 4.79 Å². The number of nitrogens with zero attached hydrogens (tertiary/aromatic N) is 1. The molecule has 0 bridgehead atoms. The standard InChI is InChI=1S/C12H12N2OS/c1-8-14-11(7-16-8)6-12(15)9-3-2-4-10(13)5-9/h2-5,7H,6,13H2,1H3. The van der Waals surface area contributed by atoms with Gasteiger partial charge >= 0.3 is 0 Å². The van der Waals surface area contributed by atoms with E-state index in [2.05, 4.69) is 4.98 Å². The Morgan fingerprint density at radius 2 is 2.31 bits per heavy atom. The van der Waals surface area contributed by atoms with Crippen molar-refractivity contribution in [1.29, 1.82) is 0 Å². The second-order valence-electron chi connectivity index (χ2n) is 3.58. The minimum absolute atomic E-state index is 0.0533. The Balaban J connectivity index is 2.14. The highest BCUT2D eigenvalue weighted by Crippen LogP contribution is 2.13. The smallest absolute Gasteiger partial charge is 0.168 e. The predicted molar refractivity (Wildman–Crippen MR) is 65.7 cm³/mol. The van der Waals surface area contributed by atoms with Gasteiger partial charge in [0.25, 0.3) is 0 Å². The number of Topliss-reactive ketones (excluding diaryl/α,β-unsaturated/α-hetero) is 1. The average molecular weight is 232 g/mol. The Hall–Kier alpha value is -1.68. The fourth-order valence-corrected chi connectivity index (χ4v) is 2.08. The normalized spacial score (nSPS) is 10.3. The number of thiazole rings is 1. The summed E-state index contributed by atoms with van der Waals surface area (Å²) in [4.78, 5) is 16.1. The molecule has 2 rings (SSSR count). The number of aromatic nitrogens is 1. The molecule has 0 atom stereocenters. The maximum Gasteiger partial charge on any atom is 0.168 e. The first-order valence-corrected chi connectivity index (χ1v) is 5.83. The number of benzene rings is 1. The zero-order valence-electron chi connectivity index (χ0n) is 8.93. The Morgan fingerprint density at radius 1 is 1.50 bits per heavy atom. The van der Waals surface area contributed by atoms with E-state index < -0.39 is 0 Å². The number of carbonyl (C=O) groups excluding carboxylic acids is 1. The van der Waals surface area contributed by atoms with Crippen LogP contribution in [0.2, 0.25) is 0 Å². The van der Waals surface area contributed by atoms with Gasteiger partial charge in [0.05, 0.1) is 17.1 Å². The molecule has 0 amide bonds. The van der Waals surface area contributed by atoms with E-state index in [0.29, 0.717) is 17.7 Å².